The molecule has 0 aromatic heterocycles. The monoisotopic (exact) mass is 493 g/mol. The lowest BCUT2D eigenvalue weighted by molar-refractivity contribution is -0.121. The van der Waals surface area contributed by atoms with Gasteiger partial charge in [-0.2, -0.15) is 0 Å². The summed E-state index contributed by atoms with van der Waals surface area (Å²) in [6.45, 7) is 6.76. The van der Waals surface area contributed by atoms with Gasteiger partial charge in [-0.15, -0.1) is 0 Å². The fourth-order valence-electron chi connectivity index (χ4n) is 3.84. The Morgan fingerprint density at radius 2 is 1.88 bits per heavy atom. The number of amides is 1. The van der Waals surface area contributed by atoms with E-state index in [1.165, 1.54) is 9.87 Å². The highest BCUT2D eigenvalue weighted by molar-refractivity contribution is 7.92. The number of morpholine rings is 1. The lowest BCUT2D eigenvalue weighted by Gasteiger charge is -2.26. The first-order valence-corrected chi connectivity index (χ1v) is 13.3. The number of sulfonamides is 1. The number of aryl methyl sites for hydroxylation is 1. The molecule has 1 fully saturated rings. The standard InChI is InChI=1S/C24H32ClN3O4S/c1-19-8-9-22(25)16-23(19)28(33(2,30)31)10-4-7-24(29)26-17-20-5-3-6-21(15-20)18-27-11-13-32-14-12-27/h3,5-6,8-9,15-16H,4,7,10-14,17-18H2,1-2H3,(H,26,29). The van der Waals surface area contributed by atoms with E-state index in [0.29, 0.717) is 23.7 Å². The van der Waals surface area contributed by atoms with Gasteiger partial charge in [-0.05, 0) is 42.2 Å². The third-order valence-electron chi connectivity index (χ3n) is 5.60. The van der Waals surface area contributed by atoms with E-state index in [9.17, 15) is 13.2 Å². The molecular formula is C24H32ClN3O4S. The summed E-state index contributed by atoms with van der Waals surface area (Å²) in [5.74, 6) is -0.107. The lowest BCUT2D eigenvalue weighted by Crippen LogP contribution is -2.35. The molecule has 0 spiro atoms. The highest BCUT2D eigenvalue weighted by Gasteiger charge is 2.20. The van der Waals surface area contributed by atoms with Crippen LogP contribution in [0.2, 0.25) is 5.02 Å². The van der Waals surface area contributed by atoms with E-state index < -0.39 is 10.0 Å². The van der Waals surface area contributed by atoms with Crippen molar-refractivity contribution < 1.29 is 17.9 Å². The topological polar surface area (TPSA) is 79.0 Å². The molecule has 33 heavy (non-hydrogen) atoms. The molecule has 9 heteroatoms. The Labute approximate surface area is 201 Å². The molecule has 1 aliphatic heterocycles. The van der Waals surface area contributed by atoms with Gasteiger partial charge in [0.15, 0.2) is 0 Å². The van der Waals surface area contributed by atoms with Crippen molar-refractivity contribution >= 4 is 33.2 Å². The zero-order valence-electron chi connectivity index (χ0n) is 19.2. The van der Waals surface area contributed by atoms with Crippen molar-refractivity contribution in [2.75, 3.05) is 43.4 Å². The molecule has 0 bridgehead atoms. The number of nitrogens with one attached hydrogen (secondary N) is 1. The van der Waals surface area contributed by atoms with Crippen LogP contribution in [-0.2, 0) is 32.6 Å². The third kappa shape index (κ3) is 7.99. The zero-order chi connectivity index (χ0) is 23.8. The molecule has 180 valence electrons. The quantitative estimate of drug-likeness (QED) is 0.549. The molecule has 0 unspecified atom stereocenters. The fourth-order valence-corrected chi connectivity index (χ4v) is 5.02. The van der Waals surface area contributed by atoms with Gasteiger partial charge in [-0.25, -0.2) is 8.42 Å². The van der Waals surface area contributed by atoms with E-state index >= 15 is 0 Å². The van der Waals surface area contributed by atoms with Gasteiger partial charge in [0.1, 0.15) is 0 Å². The van der Waals surface area contributed by atoms with Crippen molar-refractivity contribution in [3.05, 3.63) is 64.2 Å². The maximum absolute atomic E-state index is 12.4. The summed E-state index contributed by atoms with van der Waals surface area (Å²) in [5.41, 5.74) is 3.61. The first-order valence-electron chi connectivity index (χ1n) is 11.1. The molecule has 1 N–H and O–H groups in total. The van der Waals surface area contributed by atoms with Gasteiger partial charge in [0.05, 0.1) is 25.2 Å². The van der Waals surface area contributed by atoms with Gasteiger partial charge in [-0.3, -0.25) is 14.0 Å². The van der Waals surface area contributed by atoms with Gasteiger partial charge in [-0.1, -0.05) is 41.9 Å². The maximum Gasteiger partial charge on any atom is 0.232 e. The highest BCUT2D eigenvalue weighted by atomic mass is 35.5. The molecule has 0 saturated carbocycles. The molecule has 7 nitrogen and oxygen atoms in total. The first-order chi connectivity index (χ1) is 15.7. The van der Waals surface area contributed by atoms with E-state index in [1.54, 1.807) is 18.2 Å². The smallest absolute Gasteiger partial charge is 0.232 e. The summed E-state index contributed by atoms with van der Waals surface area (Å²) in [4.78, 5) is 14.7. The number of benzene rings is 2. The largest absolute Gasteiger partial charge is 0.379 e. The van der Waals surface area contributed by atoms with E-state index in [4.69, 9.17) is 16.3 Å². The molecule has 0 aliphatic carbocycles. The summed E-state index contributed by atoms with van der Waals surface area (Å²) in [6.07, 6.45) is 1.80. The summed E-state index contributed by atoms with van der Waals surface area (Å²) in [7, 11) is -3.50. The molecule has 1 amide bonds. The van der Waals surface area contributed by atoms with E-state index in [2.05, 4.69) is 22.3 Å². The Hall–Kier alpha value is -2.13. The summed E-state index contributed by atoms with van der Waals surface area (Å²) >= 11 is 6.07. The molecule has 2 aromatic rings. The molecule has 3 rings (SSSR count). The average molecular weight is 494 g/mol. The van der Waals surface area contributed by atoms with Gasteiger partial charge < -0.3 is 10.1 Å². The molecule has 1 aliphatic rings. The van der Waals surface area contributed by atoms with Gasteiger partial charge in [0.2, 0.25) is 15.9 Å². The second-order valence-electron chi connectivity index (χ2n) is 8.35. The van der Waals surface area contributed by atoms with Gasteiger partial charge in [0.25, 0.3) is 0 Å². The van der Waals surface area contributed by atoms with Gasteiger partial charge in [0, 0.05) is 44.2 Å². The number of ether oxygens (including phenoxy) is 1. The number of hydrogen-bond donors (Lipinski definition) is 1. The second kappa shape index (κ2) is 11.8. The molecule has 1 heterocycles. The van der Waals surface area contributed by atoms with Crippen LogP contribution in [0.1, 0.15) is 29.5 Å². The molecule has 1 saturated heterocycles. The Morgan fingerprint density at radius 1 is 1.15 bits per heavy atom. The van der Waals surface area contributed by atoms with E-state index in [0.717, 1.165) is 50.2 Å². The van der Waals surface area contributed by atoms with Crippen LogP contribution >= 0.6 is 11.6 Å². The lowest BCUT2D eigenvalue weighted by atomic mass is 10.1. The van der Waals surface area contributed by atoms with Crippen molar-refractivity contribution in [1.29, 1.82) is 0 Å². The van der Waals surface area contributed by atoms with Crippen LogP contribution in [0.25, 0.3) is 0 Å². The summed E-state index contributed by atoms with van der Waals surface area (Å²) in [5, 5.41) is 3.41. The minimum Gasteiger partial charge on any atom is -0.379 e. The van der Waals surface area contributed by atoms with Crippen LogP contribution in [0.5, 0.6) is 0 Å². The van der Waals surface area contributed by atoms with Crippen LogP contribution in [0, 0.1) is 6.92 Å². The van der Waals surface area contributed by atoms with Crippen LogP contribution < -0.4 is 9.62 Å². The normalized spacial score (nSPS) is 14.8. The zero-order valence-corrected chi connectivity index (χ0v) is 20.8. The molecule has 2 aromatic carbocycles. The predicted octanol–water partition coefficient (Wildman–Crippen LogP) is 3.34. The van der Waals surface area contributed by atoms with Crippen LogP contribution in [-0.4, -0.2) is 58.3 Å². The molecular weight excluding hydrogens is 462 g/mol. The van der Waals surface area contributed by atoms with Crippen LogP contribution in [0.3, 0.4) is 0 Å². The number of anilines is 1. The minimum absolute atomic E-state index is 0.107. The first kappa shape index (κ1) is 25.5. The predicted molar refractivity (Wildman–Crippen MR) is 132 cm³/mol. The van der Waals surface area contributed by atoms with Crippen molar-refractivity contribution in [2.45, 2.75) is 32.9 Å². The Morgan fingerprint density at radius 3 is 2.61 bits per heavy atom. The summed E-state index contributed by atoms with van der Waals surface area (Å²) in [6, 6.07) is 13.4. The third-order valence-corrected chi connectivity index (χ3v) is 7.01. The van der Waals surface area contributed by atoms with E-state index in [1.807, 2.05) is 19.1 Å². The number of halogens is 1. The number of carbonyl (C=O) groups is 1. The van der Waals surface area contributed by atoms with Crippen LogP contribution in [0.15, 0.2) is 42.5 Å². The van der Waals surface area contributed by atoms with Crippen molar-refractivity contribution in [2.24, 2.45) is 0 Å². The average Bonchev–Trinajstić information content (AvgIpc) is 2.77. The highest BCUT2D eigenvalue weighted by Crippen LogP contribution is 2.26. The number of rotatable bonds is 10. The Kier molecular flexibility index (Phi) is 9.14. The van der Waals surface area contributed by atoms with Crippen molar-refractivity contribution in [3.63, 3.8) is 0 Å². The van der Waals surface area contributed by atoms with Crippen molar-refractivity contribution in [1.82, 2.24) is 10.2 Å². The number of hydrogen-bond acceptors (Lipinski definition) is 5. The SMILES string of the molecule is Cc1ccc(Cl)cc1N(CCCC(=O)NCc1cccc(CN2CCOCC2)c1)S(C)(=O)=O. The van der Waals surface area contributed by atoms with Gasteiger partial charge >= 0.3 is 0 Å². The summed E-state index contributed by atoms with van der Waals surface area (Å²) < 4.78 is 31.4. The Balaban J connectivity index is 1.49. The van der Waals surface area contributed by atoms with Crippen LogP contribution in [0.4, 0.5) is 5.69 Å². The Bertz CT molecular complexity index is 1060. The second-order valence-corrected chi connectivity index (χ2v) is 10.7. The van der Waals surface area contributed by atoms with E-state index in [-0.39, 0.29) is 18.9 Å². The maximum atomic E-state index is 12.4. The minimum atomic E-state index is -3.50. The fraction of sp³-hybridized carbons (Fsp3) is 0.458. The van der Waals surface area contributed by atoms with Crippen molar-refractivity contribution in [3.8, 4) is 0 Å². The number of carbonyl (C=O) groups excluding carboxylic acids is 1. The molecule has 0 radical (unpaired) electrons. The molecule has 0 atom stereocenters. The number of nitrogens with zero attached hydrogens (tertiary/aromatic N) is 2.